The highest BCUT2D eigenvalue weighted by Gasteiger charge is 2.42. The summed E-state index contributed by atoms with van der Waals surface area (Å²) in [5.74, 6) is 1.44. The van der Waals surface area contributed by atoms with Crippen molar-refractivity contribution < 1.29 is 28.6 Å². The van der Waals surface area contributed by atoms with Gasteiger partial charge in [-0.1, -0.05) is 30.2 Å². The first-order chi connectivity index (χ1) is 19.8. The van der Waals surface area contributed by atoms with Gasteiger partial charge in [-0.15, -0.1) is 0 Å². The zero-order valence-electron chi connectivity index (χ0n) is 23.5. The highest BCUT2D eigenvalue weighted by atomic mass is 35.5. The fourth-order valence-electron chi connectivity index (χ4n) is 5.75. The van der Waals surface area contributed by atoms with Gasteiger partial charge in [0, 0.05) is 26.1 Å². The van der Waals surface area contributed by atoms with E-state index in [1.807, 2.05) is 30.0 Å². The number of likely N-dealkylation sites (tertiary alicyclic amines) is 1. The zero-order valence-corrected chi connectivity index (χ0v) is 24.3. The molecule has 10 heteroatoms. The highest BCUT2D eigenvalue weighted by molar-refractivity contribution is 6.32. The monoisotopic (exact) mass is 583 g/mol. The molecule has 0 radical (unpaired) electrons. The molecular formula is C31H38ClN3O6. The van der Waals surface area contributed by atoms with Gasteiger partial charge in [-0.2, -0.15) is 0 Å². The number of amides is 3. The van der Waals surface area contributed by atoms with E-state index < -0.39 is 5.41 Å². The van der Waals surface area contributed by atoms with Crippen molar-refractivity contribution in [1.29, 1.82) is 0 Å². The number of fused-ring (bicyclic) bond motifs is 2. The lowest BCUT2D eigenvalue weighted by molar-refractivity contribution is -0.141. The van der Waals surface area contributed by atoms with E-state index in [0.717, 1.165) is 24.8 Å². The molecule has 0 bridgehead atoms. The molecule has 1 fully saturated rings. The number of halogens is 1. The van der Waals surface area contributed by atoms with Crippen molar-refractivity contribution >= 4 is 29.3 Å². The molecule has 0 saturated carbocycles. The van der Waals surface area contributed by atoms with Crippen LogP contribution >= 0.6 is 11.6 Å². The Morgan fingerprint density at radius 1 is 1.00 bits per heavy atom. The summed E-state index contributed by atoms with van der Waals surface area (Å²) >= 11 is 6.44. The summed E-state index contributed by atoms with van der Waals surface area (Å²) in [6.07, 6.45) is 4.38. The summed E-state index contributed by atoms with van der Waals surface area (Å²) in [6, 6.07) is 10.5. The standard InChI is InChI=1S/C31H38ClN3O6/c1-21-20-41-25-8-3-2-7-23(25)29(37)33-12-5-4-9-31(30(38)34-21)10-13-35(14-11-31)27(36)19-22-17-24(32)28-26(18-22)39-15-6-16-40-28/h2-3,7-8,17-18,21H,4-6,9-16,19-20H2,1H3,(H,33,37)(H,34,38)/t21-/m1/s1. The first-order valence-electron chi connectivity index (χ1n) is 14.5. The van der Waals surface area contributed by atoms with Gasteiger partial charge >= 0.3 is 0 Å². The molecular weight excluding hydrogens is 546 g/mol. The summed E-state index contributed by atoms with van der Waals surface area (Å²) in [7, 11) is 0. The number of hydrogen-bond donors (Lipinski definition) is 2. The first-order valence-corrected chi connectivity index (χ1v) is 14.9. The van der Waals surface area contributed by atoms with Gasteiger partial charge in [-0.05, 0) is 62.4 Å². The molecule has 2 aromatic carbocycles. The normalized spacial score (nSPS) is 21.4. The first kappa shape index (κ1) is 29.0. The molecule has 9 nitrogen and oxygen atoms in total. The summed E-state index contributed by atoms with van der Waals surface area (Å²) in [5.41, 5.74) is 0.693. The largest absolute Gasteiger partial charge is 0.491 e. The Labute approximate surface area is 245 Å². The molecule has 1 spiro atoms. The maximum atomic E-state index is 13.7. The quantitative estimate of drug-likeness (QED) is 0.550. The summed E-state index contributed by atoms with van der Waals surface area (Å²) in [4.78, 5) is 41.5. The Balaban J connectivity index is 1.23. The summed E-state index contributed by atoms with van der Waals surface area (Å²) in [5, 5.41) is 6.58. The lowest BCUT2D eigenvalue weighted by atomic mass is 9.73. The molecule has 3 aliphatic heterocycles. The Kier molecular flexibility index (Phi) is 9.22. The zero-order chi connectivity index (χ0) is 28.8. The van der Waals surface area contributed by atoms with Crippen molar-refractivity contribution in [3.63, 3.8) is 0 Å². The number of nitrogens with one attached hydrogen (secondary N) is 2. The van der Waals surface area contributed by atoms with Crippen molar-refractivity contribution in [2.24, 2.45) is 5.41 Å². The molecule has 41 heavy (non-hydrogen) atoms. The minimum atomic E-state index is -0.574. The molecule has 0 unspecified atom stereocenters. The topological polar surface area (TPSA) is 106 Å². The van der Waals surface area contributed by atoms with Gasteiger partial charge < -0.3 is 29.7 Å². The number of nitrogens with zero attached hydrogens (tertiary/aromatic N) is 1. The molecule has 0 aromatic heterocycles. The van der Waals surface area contributed by atoms with Gasteiger partial charge in [0.25, 0.3) is 5.91 Å². The number of hydrogen-bond acceptors (Lipinski definition) is 6. The Bertz CT molecular complexity index is 1280. The molecule has 2 N–H and O–H groups in total. The van der Waals surface area contributed by atoms with Crippen LogP contribution in [-0.4, -0.2) is 68.1 Å². The van der Waals surface area contributed by atoms with Crippen LogP contribution in [0, 0.1) is 5.41 Å². The van der Waals surface area contributed by atoms with E-state index in [1.54, 1.807) is 18.2 Å². The lowest BCUT2D eigenvalue weighted by Crippen LogP contribution is -2.52. The van der Waals surface area contributed by atoms with Crippen LogP contribution in [0.1, 0.15) is 61.4 Å². The lowest BCUT2D eigenvalue weighted by Gasteiger charge is -2.41. The van der Waals surface area contributed by atoms with Gasteiger partial charge in [0.2, 0.25) is 11.8 Å². The van der Waals surface area contributed by atoms with Crippen molar-refractivity contribution in [2.75, 3.05) is 39.5 Å². The Morgan fingerprint density at radius 3 is 2.61 bits per heavy atom. The second-order valence-corrected chi connectivity index (χ2v) is 11.6. The SMILES string of the molecule is C[C@@H]1COc2ccccc2C(=O)NCCCCC2(CCN(C(=O)Cc3cc(Cl)c4c(c3)OCCCO4)CC2)C(=O)N1. The number of carbonyl (C=O) groups excluding carboxylic acids is 3. The van der Waals surface area contributed by atoms with Gasteiger partial charge in [0.1, 0.15) is 12.4 Å². The number of rotatable bonds is 2. The maximum Gasteiger partial charge on any atom is 0.255 e. The predicted octanol–water partition coefficient (Wildman–Crippen LogP) is 4.15. The van der Waals surface area contributed by atoms with Crippen LogP contribution in [0.2, 0.25) is 5.02 Å². The van der Waals surface area contributed by atoms with E-state index in [4.69, 9.17) is 25.8 Å². The maximum absolute atomic E-state index is 13.7. The smallest absolute Gasteiger partial charge is 0.255 e. The fraction of sp³-hybridized carbons (Fsp3) is 0.516. The molecule has 3 heterocycles. The molecule has 1 atom stereocenters. The Morgan fingerprint density at radius 2 is 1.78 bits per heavy atom. The minimum absolute atomic E-state index is 0.00441. The van der Waals surface area contributed by atoms with E-state index >= 15 is 0 Å². The van der Waals surface area contributed by atoms with Crippen LogP contribution in [-0.2, 0) is 16.0 Å². The average molecular weight is 584 g/mol. The molecule has 2 aromatic rings. The average Bonchev–Trinajstić information content (AvgIpc) is 3.22. The van der Waals surface area contributed by atoms with Gasteiger partial charge in [0.15, 0.2) is 11.5 Å². The molecule has 3 amide bonds. The van der Waals surface area contributed by atoms with Crippen molar-refractivity contribution in [1.82, 2.24) is 15.5 Å². The van der Waals surface area contributed by atoms with E-state index in [2.05, 4.69) is 10.6 Å². The second kappa shape index (κ2) is 13.0. The van der Waals surface area contributed by atoms with Gasteiger partial charge in [-0.3, -0.25) is 14.4 Å². The second-order valence-electron chi connectivity index (χ2n) is 11.2. The van der Waals surface area contributed by atoms with Gasteiger partial charge in [0.05, 0.1) is 41.7 Å². The molecule has 1 saturated heterocycles. The van der Waals surface area contributed by atoms with Crippen molar-refractivity contribution in [3.8, 4) is 17.2 Å². The van der Waals surface area contributed by atoms with Crippen molar-refractivity contribution in [2.45, 2.75) is 57.9 Å². The third-order valence-corrected chi connectivity index (χ3v) is 8.42. The minimum Gasteiger partial charge on any atom is -0.491 e. The van der Waals surface area contributed by atoms with Crippen LogP contribution in [0.3, 0.4) is 0 Å². The Hall–Kier alpha value is -3.46. The molecule has 0 aliphatic carbocycles. The van der Waals surface area contributed by atoms with E-state index in [-0.39, 0.29) is 36.8 Å². The highest BCUT2D eigenvalue weighted by Crippen LogP contribution is 2.39. The number of para-hydroxylation sites is 1. The van der Waals surface area contributed by atoms with Crippen LogP contribution in [0.15, 0.2) is 36.4 Å². The summed E-state index contributed by atoms with van der Waals surface area (Å²) < 4.78 is 17.4. The van der Waals surface area contributed by atoms with Gasteiger partial charge in [-0.25, -0.2) is 0 Å². The van der Waals surface area contributed by atoms with Crippen LogP contribution in [0.5, 0.6) is 17.2 Å². The molecule has 220 valence electrons. The number of carbonyl (C=O) groups is 3. The third kappa shape index (κ3) is 6.89. The van der Waals surface area contributed by atoms with E-state index in [9.17, 15) is 14.4 Å². The number of piperidine rings is 1. The summed E-state index contributed by atoms with van der Waals surface area (Å²) in [6.45, 7) is 4.75. The van der Waals surface area contributed by atoms with Crippen LogP contribution < -0.4 is 24.8 Å². The number of benzene rings is 2. The van der Waals surface area contributed by atoms with Crippen LogP contribution in [0.25, 0.3) is 0 Å². The predicted molar refractivity (Wildman–Crippen MR) is 155 cm³/mol. The number of ether oxygens (including phenoxy) is 3. The molecule has 3 aliphatic rings. The molecule has 5 rings (SSSR count). The fourth-order valence-corrected chi connectivity index (χ4v) is 6.03. The van der Waals surface area contributed by atoms with Crippen LogP contribution in [0.4, 0.5) is 0 Å². The van der Waals surface area contributed by atoms with Crippen molar-refractivity contribution in [3.05, 3.63) is 52.5 Å². The van der Waals surface area contributed by atoms with E-state index in [0.29, 0.717) is 79.9 Å². The third-order valence-electron chi connectivity index (χ3n) is 8.14. The van der Waals surface area contributed by atoms with E-state index in [1.165, 1.54) is 0 Å².